The maximum atomic E-state index is 8.71. The first kappa shape index (κ1) is 14.4. The standard InChI is InChI=1S/C14H16N2O3S/c1-18-13-7-10(4-5-12(13)14(15)16-17)8-19-9-11-3-2-6-20-11/h2-7,17H,8-9H2,1H3,(H2,15,16). The third kappa shape index (κ3) is 3.49. The van der Waals surface area contributed by atoms with Crippen molar-refractivity contribution in [3.63, 3.8) is 0 Å². The number of nitrogens with zero attached hydrogens (tertiary/aromatic N) is 1. The molecule has 6 heteroatoms. The zero-order chi connectivity index (χ0) is 14.4. The van der Waals surface area contributed by atoms with E-state index < -0.39 is 0 Å². The zero-order valence-corrected chi connectivity index (χ0v) is 11.9. The van der Waals surface area contributed by atoms with Crippen molar-refractivity contribution < 1.29 is 14.7 Å². The SMILES string of the molecule is COc1cc(COCc2cccs2)ccc1/C(N)=N/O. The van der Waals surface area contributed by atoms with E-state index in [0.717, 1.165) is 5.56 Å². The van der Waals surface area contributed by atoms with Gasteiger partial charge >= 0.3 is 0 Å². The fraction of sp³-hybridized carbons (Fsp3) is 0.214. The van der Waals surface area contributed by atoms with Crippen LogP contribution in [0.2, 0.25) is 0 Å². The predicted octanol–water partition coefficient (Wildman–Crippen LogP) is 2.57. The van der Waals surface area contributed by atoms with Gasteiger partial charge in [-0.2, -0.15) is 0 Å². The van der Waals surface area contributed by atoms with E-state index in [4.69, 9.17) is 20.4 Å². The van der Waals surface area contributed by atoms with E-state index in [1.165, 1.54) is 4.88 Å². The maximum Gasteiger partial charge on any atom is 0.173 e. The summed E-state index contributed by atoms with van der Waals surface area (Å²) < 4.78 is 10.9. The van der Waals surface area contributed by atoms with Gasteiger partial charge in [0, 0.05) is 4.88 Å². The number of hydrogen-bond acceptors (Lipinski definition) is 5. The van der Waals surface area contributed by atoms with Crippen LogP contribution in [0.5, 0.6) is 5.75 Å². The van der Waals surface area contributed by atoms with Gasteiger partial charge in [0.15, 0.2) is 5.84 Å². The zero-order valence-electron chi connectivity index (χ0n) is 11.1. The van der Waals surface area contributed by atoms with Gasteiger partial charge in [0.2, 0.25) is 0 Å². The van der Waals surface area contributed by atoms with Crippen LogP contribution in [0.1, 0.15) is 16.0 Å². The van der Waals surface area contributed by atoms with E-state index in [0.29, 0.717) is 24.5 Å². The van der Waals surface area contributed by atoms with Gasteiger partial charge in [-0.05, 0) is 29.1 Å². The topological polar surface area (TPSA) is 77.1 Å². The molecule has 106 valence electrons. The minimum absolute atomic E-state index is 0.0212. The number of benzene rings is 1. The van der Waals surface area contributed by atoms with Crippen molar-refractivity contribution in [2.24, 2.45) is 10.9 Å². The van der Waals surface area contributed by atoms with Crippen molar-refractivity contribution in [1.82, 2.24) is 0 Å². The van der Waals surface area contributed by atoms with Crippen LogP contribution >= 0.6 is 11.3 Å². The van der Waals surface area contributed by atoms with Crippen LogP contribution in [0.15, 0.2) is 40.9 Å². The fourth-order valence-corrected chi connectivity index (χ4v) is 2.40. The molecule has 0 bridgehead atoms. The minimum atomic E-state index is 0.0212. The summed E-state index contributed by atoms with van der Waals surface area (Å²) in [5.41, 5.74) is 7.09. The second-order valence-electron chi connectivity index (χ2n) is 4.09. The van der Waals surface area contributed by atoms with Crippen molar-refractivity contribution in [3.05, 3.63) is 51.7 Å². The van der Waals surface area contributed by atoms with Gasteiger partial charge in [-0.3, -0.25) is 0 Å². The Hall–Kier alpha value is -2.05. The van der Waals surface area contributed by atoms with Crippen LogP contribution in [0.25, 0.3) is 0 Å². The Morgan fingerprint density at radius 1 is 1.35 bits per heavy atom. The fourth-order valence-electron chi connectivity index (χ4n) is 1.76. The van der Waals surface area contributed by atoms with E-state index in [1.54, 1.807) is 24.5 Å². The largest absolute Gasteiger partial charge is 0.496 e. The lowest BCUT2D eigenvalue weighted by atomic mass is 10.1. The molecule has 0 aliphatic carbocycles. The number of nitrogens with two attached hydrogens (primary N) is 1. The maximum absolute atomic E-state index is 8.71. The van der Waals surface area contributed by atoms with E-state index >= 15 is 0 Å². The lowest BCUT2D eigenvalue weighted by molar-refractivity contribution is 0.109. The number of ether oxygens (including phenoxy) is 2. The highest BCUT2D eigenvalue weighted by molar-refractivity contribution is 7.09. The van der Waals surface area contributed by atoms with Crippen LogP contribution in [0.4, 0.5) is 0 Å². The van der Waals surface area contributed by atoms with E-state index in [9.17, 15) is 0 Å². The Morgan fingerprint density at radius 3 is 2.85 bits per heavy atom. The molecule has 20 heavy (non-hydrogen) atoms. The first-order valence-electron chi connectivity index (χ1n) is 5.99. The molecule has 1 aromatic carbocycles. The predicted molar refractivity (Wildman–Crippen MR) is 78.3 cm³/mol. The Kier molecular flexibility index (Phi) is 4.97. The Bertz CT molecular complexity index is 582. The summed E-state index contributed by atoms with van der Waals surface area (Å²) in [5.74, 6) is 0.574. The minimum Gasteiger partial charge on any atom is -0.496 e. The third-order valence-corrected chi connectivity index (χ3v) is 3.59. The molecule has 0 unspecified atom stereocenters. The molecule has 0 aliphatic heterocycles. The van der Waals surface area contributed by atoms with Gasteiger partial charge in [0.25, 0.3) is 0 Å². The quantitative estimate of drug-likeness (QED) is 0.371. The Morgan fingerprint density at radius 2 is 2.20 bits per heavy atom. The van der Waals surface area contributed by atoms with Crippen LogP contribution < -0.4 is 10.5 Å². The molecule has 0 atom stereocenters. The second kappa shape index (κ2) is 6.93. The summed E-state index contributed by atoms with van der Waals surface area (Å²) in [4.78, 5) is 1.19. The second-order valence-corrected chi connectivity index (χ2v) is 5.12. The van der Waals surface area contributed by atoms with Crippen molar-refractivity contribution in [2.75, 3.05) is 7.11 Å². The molecule has 3 N–H and O–H groups in total. The molecular formula is C14H16N2O3S. The molecule has 0 spiro atoms. The number of thiophene rings is 1. The highest BCUT2D eigenvalue weighted by Crippen LogP contribution is 2.21. The monoisotopic (exact) mass is 292 g/mol. The van der Waals surface area contributed by atoms with E-state index in [2.05, 4.69) is 5.16 Å². The summed E-state index contributed by atoms with van der Waals surface area (Å²) >= 11 is 1.67. The van der Waals surface area contributed by atoms with Gasteiger partial charge in [-0.1, -0.05) is 17.3 Å². The average Bonchev–Trinajstić information content (AvgIpc) is 2.99. The Labute approximate surface area is 121 Å². The molecule has 0 saturated carbocycles. The molecule has 0 aliphatic rings. The first-order chi connectivity index (χ1) is 9.74. The van der Waals surface area contributed by atoms with Gasteiger partial charge in [0.05, 0.1) is 25.9 Å². The van der Waals surface area contributed by atoms with Gasteiger partial charge in [0.1, 0.15) is 5.75 Å². The van der Waals surface area contributed by atoms with E-state index in [1.807, 2.05) is 29.6 Å². The number of rotatable bonds is 6. The lowest BCUT2D eigenvalue weighted by Crippen LogP contribution is -2.14. The van der Waals surface area contributed by atoms with E-state index in [-0.39, 0.29) is 5.84 Å². The lowest BCUT2D eigenvalue weighted by Gasteiger charge is -2.10. The molecule has 0 fully saturated rings. The van der Waals surface area contributed by atoms with Crippen molar-refractivity contribution >= 4 is 17.2 Å². The molecular weight excluding hydrogens is 276 g/mol. The van der Waals surface area contributed by atoms with Crippen LogP contribution in [-0.4, -0.2) is 18.2 Å². The molecule has 0 radical (unpaired) electrons. The average molecular weight is 292 g/mol. The van der Waals surface area contributed by atoms with Gasteiger partial charge < -0.3 is 20.4 Å². The van der Waals surface area contributed by atoms with Gasteiger partial charge in [-0.25, -0.2) is 0 Å². The first-order valence-corrected chi connectivity index (χ1v) is 6.87. The smallest absolute Gasteiger partial charge is 0.173 e. The molecule has 1 aromatic heterocycles. The molecule has 2 rings (SSSR count). The van der Waals surface area contributed by atoms with Crippen LogP contribution in [0, 0.1) is 0 Å². The summed E-state index contributed by atoms with van der Waals surface area (Å²) in [6.07, 6.45) is 0. The molecule has 2 aromatic rings. The van der Waals surface area contributed by atoms with Crippen LogP contribution in [0.3, 0.4) is 0 Å². The molecule has 5 nitrogen and oxygen atoms in total. The number of oxime groups is 1. The van der Waals surface area contributed by atoms with Crippen molar-refractivity contribution in [3.8, 4) is 5.75 Å². The van der Waals surface area contributed by atoms with Crippen molar-refractivity contribution in [2.45, 2.75) is 13.2 Å². The third-order valence-electron chi connectivity index (χ3n) is 2.74. The molecule has 1 heterocycles. The molecule has 0 amide bonds. The van der Waals surface area contributed by atoms with Crippen LogP contribution in [-0.2, 0) is 18.0 Å². The number of hydrogen-bond donors (Lipinski definition) is 2. The summed E-state index contributed by atoms with van der Waals surface area (Å²) in [6.45, 7) is 1.06. The summed E-state index contributed by atoms with van der Waals surface area (Å²) in [6, 6.07) is 9.47. The highest BCUT2D eigenvalue weighted by Gasteiger charge is 2.08. The summed E-state index contributed by atoms with van der Waals surface area (Å²) in [7, 11) is 1.54. The Balaban J connectivity index is 2.02. The van der Waals surface area contributed by atoms with Gasteiger partial charge in [-0.15, -0.1) is 11.3 Å². The molecule has 0 saturated heterocycles. The number of amidine groups is 1. The highest BCUT2D eigenvalue weighted by atomic mass is 32.1. The number of methoxy groups -OCH3 is 1. The normalized spacial score (nSPS) is 11.6. The summed E-state index contributed by atoms with van der Waals surface area (Å²) in [5, 5.41) is 13.7. The van der Waals surface area contributed by atoms with Crippen molar-refractivity contribution in [1.29, 1.82) is 0 Å².